The molecular weight excluding hydrogens is 296 g/mol. The molecule has 0 aliphatic carbocycles. The molecule has 17 heavy (non-hydrogen) atoms. The van der Waals surface area contributed by atoms with Crippen molar-refractivity contribution in [1.82, 2.24) is 10.4 Å². The van der Waals surface area contributed by atoms with Gasteiger partial charge in [0.05, 0.1) is 11.8 Å². The van der Waals surface area contributed by atoms with E-state index >= 15 is 0 Å². The molecule has 0 aromatic carbocycles. The minimum absolute atomic E-state index is 0.0275. The first kappa shape index (κ1) is 13.6. The van der Waals surface area contributed by atoms with Crippen molar-refractivity contribution in [2.45, 2.75) is 25.8 Å². The van der Waals surface area contributed by atoms with E-state index in [9.17, 15) is 19.2 Å². The van der Waals surface area contributed by atoms with Crippen LogP contribution in [-0.2, 0) is 24.0 Å². The molecule has 1 fully saturated rings. The van der Waals surface area contributed by atoms with Crippen LogP contribution in [0.25, 0.3) is 0 Å². The van der Waals surface area contributed by atoms with E-state index in [1.54, 1.807) is 0 Å². The van der Waals surface area contributed by atoms with E-state index < -0.39 is 29.7 Å². The molecular formula is C9H11BrN2O5. The summed E-state index contributed by atoms with van der Waals surface area (Å²) < 4.78 is 0. The molecule has 0 saturated carbocycles. The highest BCUT2D eigenvalue weighted by atomic mass is 79.9. The van der Waals surface area contributed by atoms with Crippen LogP contribution in [0.15, 0.2) is 0 Å². The van der Waals surface area contributed by atoms with Crippen LogP contribution in [0, 0.1) is 0 Å². The second-order valence-corrected chi connectivity index (χ2v) is 3.86. The fourth-order valence-corrected chi connectivity index (χ4v) is 1.38. The molecule has 1 atom stereocenters. The minimum Gasteiger partial charge on any atom is -0.343 e. The smallest absolute Gasteiger partial charge is 0.332 e. The summed E-state index contributed by atoms with van der Waals surface area (Å²) in [6, 6.07) is -0.961. The van der Waals surface area contributed by atoms with Gasteiger partial charge in [-0.15, -0.1) is 5.06 Å². The quantitative estimate of drug-likeness (QED) is 0.558. The van der Waals surface area contributed by atoms with E-state index in [0.29, 0.717) is 5.06 Å². The predicted molar refractivity (Wildman–Crippen MR) is 58.6 cm³/mol. The second kappa shape index (κ2) is 5.76. The van der Waals surface area contributed by atoms with E-state index in [-0.39, 0.29) is 18.2 Å². The fourth-order valence-electron chi connectivity index (χ4n) is 1.22. The first-order valence-corrected chi connectivity index (χ1v) is 6.04. The van der Waals surface area contributed by atoms with Crippen LogP contribution in [0.1, 0.15) is 19.8 Å². The van der Waals surface area contributed by atoms with Gasteiger partial charge >= 0.3 is 5.97 Å². The van der Waals surface area contributed by atoms with Gasteiger partial charge in [-0.05, 0) is 0 Å². The lowest BCUT2D eigenvalue weighted by Gasteiger charge is -2.13. The van der Waals surface area contributed by atoms with Crippen molar-refractivity contribution in [3.8, 4) is 0 Å². The summed E-state index contributed by atoms with van der Waals surface area (Å²) in [6.45, 7) is 1.54. The molecule has 8 heteroatoms. The van der Waals surface area contributed by atoms with Crippen molar-refractivity contribution < 1.29 is 24.0 Å². The van der Waals surface area contributed by atoms with Gasteiger partial charge in [0.1, 0.15) is 6.04 Å². The summed E-state index contributed by atoms with van der Waals surface area (Å²) in [5.74, 6) is -2.47. The Morgan fingerprint density at radius 3 is 2.71 bits per heavy atom. The Morgan fingerprint density at radius 2 is 2.18 bits per heavy atom. The van der Waals surface area contributed by atoms with E-state index in [1.807, 2.05) is 0 Å². The van der Waals surface area contributed by atoms with Gasteiger partial charge in [-0.3, -0.25) is 14.4 Å². The van der Waals surface area contributed by atoms with Crippen LogP contribution >= 0.6 is 15.9 Å². The standard InChI is InChI=1S/C9H11BrN2O5/c1-2-8(15)17-12-7(14)3-5(9(12)16)11-6(13)4-10/h5H,2-4H2,1H3,(H,11,13). The Labute approximate surface area is 106 Å². The normalized spacial score (nSPS) is 19.4. The van der Waals surface area contributed by atoms with E-state index in [0.717, 1.165) is 0 Å². The molecule has 0 spiro atoms. The third-order valence-electron chi connectivity index (χ3n) is 2.04. The molecule has 0 aromatic rings. The van der Waals surface area contributed by atoms with Gasteiger partial charge < -0.3 is 10.2 Å². The van der Waals surface area contributed by atoms with Gasteiger partial charge in [-0.1, -0.05) is 22.9 Å². The third-order valence-corrected chi connectivity index (χ3v) is 2.55. The van der Waals surface area contributed by atoms with Crippen molar-refractivity contribution in [2.24, 2.45) is 0 Å². The first-order chi connectivity index (χ1) is 7.99. The molecule has 0 aromatic heterocycles. The third kappa shape index (κ3) is 3.26. The largest absolute Gasteiger partial charge is 0.343 e. The Hall–Kier alpha value is -1.44. The number of rotatable bonds is 4. The van der Waals surface area contributed by atoms with Gasteiger partial charge in [-0.25, -0.2) is 4.79 Å². The van der Waals surface area contributed by atoms with Crippen molar-refractivity contribution >= 4 is 39.6 Å². The number of alkyl halides is 1. The van der Waals surface area contributed by atoms with Crippen molar-refractivity contribution in [3.63, 3.8) is 0 Å². The highest BCUT2D eigenvalue weighted by molar-refractivity contribution is 9.09. The predicted octanol–water partition coefficient (Wildman–Crippen LogP) is -0.507. The van der Waals surface area contributed by atoms with Crippen LogP contribution in [0.4, 0.5) is 0 Å². The van der Waals surface area contributed by atoms with Crippen LogP contribution in [0.3, 0.4) is 0 Å². The van der Waals surface area contributed by atoms with Gasteiger partial charge in [0.15, 0.2) is 0 Å². The Morgan fingerprint density at radius 1 is 1.53 bits per heavy atom. The zero-order chi connectivity index (χ0) is 13.0. The van der Waals surface area contributed by atoms with Crippen molar-refractivity contribution in [3.05, 3.63) is 0 Å². The molecule has 1 N–H and O–H groups in total. The van der Waals surface area contributed by atoms with Crippen molar-refractivity contribution in [2.75, 3.05) is 5.33 Å². The SMILES string of the molecule is CCC(=O)ON1C(=O)CC(NC(=O)CBr)C1=O. The zero-order valence-corrected chi connectivity index (χ0v) is 10.7. The number of hydroxylamine groups is 2. The molecule has 1 rings (SSSR count). The van der Waals surface area contributed by atoms with E-state index in [2.05, 4.69) is 26.1 Å². The van der Waals surface area contributed by atoms with Crippen molar-refractivity contribution in [1.29, 1.82) is 0 Å². The number of carbonyl (C=O) groups is 4. The van der Waals surface area contributed by atoms with Gasteiger partial charge in [0, 0.05) is 6.42 Å². The minimum atomic E-state index is -0.961. The Kier molecular flexibility index (Phi) is 4.62. The zero-order valence-electron chi connectivity index (χ0n) is 9.07. The molecule has 1 unspecified atom stereocenters. The lowest BCUT2D eigenvalue weighted by molar-refractivity contribution is -0.197. The summed E-state index contributed by atoms with van der Waals surface area (Å²) in [7, 11) is 0. The summed E-state index contributed by atoms with van der Waals surface area (Å²) in [4.78, 5) is 49.6. The monoisotopic (exact) mass is 306 g/mol. The molecule has 1 saturated heterocycles. The maximum atomic E-state index is 11.6. The maximum Gasteiger partial charge on any atom is 0.332 e. The molecule has 3 amide bonds. The van der Waals surface area contributed by atoms with Gasteiger partial charge in [0.2, 0.25) is 5.91 Å². The van der Waals surface area contributed by atoms with Gasteiger partial charge in [0.25, 0.3) is 11.8 Å². The van der Waals surface area contributed by atoms with Crippen LogP contribution in [-0.4, -0.2) is 40.1 Å². The molecule has 1 aliphatic rings. The van der Waals surface area contributed by atoms with Crippen LogP contribution < -0.4 is 5.32 Å². The number of nitrogens with one attached hydrogen (secondary N) is 1. The summed E-state index contributed by atoms with van der Waals surface area (Å²) in [5.41, 5.74) is 0. The second-order valence-electron chi connectivity index (χ2n) is 3.30. The lowest BCUT2D eigenvalue weighted by atomic mass is 10.2. The summed E-state index contributed by atoms with van der Waals surface area (Å²) >= 11 is 2.92. The molecule has 0 radical (unpaired) electrons. The van der Waals surface area contributed by atoms with E-state index in [4.69, 9.17) is 0 Å². The van der Waals surface area contributed by atoms with E-state index in [1.165, 1.54) is 6.92 Å². The number of carbonyl (C=O) groups excluding carboxylic acids is 4. The molecule has 7 nitrogen and oxygen atoms in total. The number of imide groups is 1. The topological polar surface area (TPSA) is 92.8 Å². The Balaban J connectivity index is 2.65. The fraction of sp³-hybridized carbons (Fsp3) is 0.556. The number of hydrogen-bond donors (Lipinski definition) is 1. The lowest BCUT2D eigenvalue weighted by Crippen LogP contribution is -2.42. The molecule has 94 valence electrons. The molecule has 0 bridgehead atoms. The summed E-state index contributed by atoms with van der Waals surface area (Å²) in [6.07, 6.45) is -0.149. The summed E-state index contributed by atoms with van der Waals surface area (Å²) in [5, 5.41) is 2.78. The number of halogens is 1. The first-order valence-electron chi connectivity index (χ1n) is 4.92. The van der Waals surface area contributed by atoms with Gasteiger partial charge in [-0.2, -0.15) is 0 Å². The maximum absolute atomic E-state index is 11.6. The number of hydrogen-bond acceptors (Lipinski definition) is 5. The van der Waals surface area contributed by atoms with Crippen LogP contribution in [0.2, 0.25) is 0 Å². The average Bonchev–Trinajstić information content (AvgIpc) is 2.56. The number of amides is 3. The number of nitrogens with zero attached hydrogens (tertiary/aromatic N) is 1. The Bertz CT molecular complexity index is 370. The molecule has 1 heterocycles. The molecule has 1 aliphatic heterocycles. The highest BCUT2D eigenvalue weighted by Gasteiger charge is 2.42. The average molecular weight is 307 g/mol. The van der Waals surface area contributed by atoms with Crippen LogP contribution in [0.5, 0.6) is 0 Å². The highest BCUT2D eigenvalue weighted by Crippen LogP contribution is 2.14.